The third kappa shape index (κ3) is 4.83. The third-order valence-corrected chi connectivity index (χ3v) is 7.47. The van der Waals surface area contributed by atoms with Gasteiger partial charge in [-0.05, 0) is 55.3 Å². The summed E-state index contributed by atoms with van der Waals surface area (Å²) in [5.74, 6) is -0.336. The molecule has 0 unspecified atom stereocenters. The summed E-state index contributed by atoms with van der Waals surface area (Å²) in [7, 11) is 0. The average Bonchev–Trinajstić information content (AvgIpc) is 3.18. The van der Waals surface area contributed by atoms with E-state index in [0.717, 1.165) is 40.3 Å². The summed E-state index contributed by atoms with van der Waals surface area (Å²) in [6.07, 6.45) is 7.22. The van der Waals surface area contributed by atoms with E-state index in [9.17, 15) is 14.4 Å². The van der Waals surface area contributed by atoms with E-state index in [-0.39, 0.29) is 5.91 Å². The molecule has 38 heavy (non-hydrogen) atoms. The first-order chi connectivity index (χ1) is 18.5. The maximum atomic E-state index is 13.6. The van der Waals surface area contributed by atoms with E-state index in [1.807, 2.05) is 55.5 Å². The van der Waals surface area contributed by atoms with Crippen LogP contribution in [0.3, 0.4) is 0 Å². The number of carbonyl (C=O) groups excluding carboxylic acids is 3. The molecule has 3 aromatic rings. The van der Waals surface area contributed by atoms with Gasteiger partial charge < -0.3 is 9.64 Å². The van der Waals surface area contributed by atoms with Crippen LogP contribution in [0.15, 0.2) is 72.8 Å². The molecule has 0 aromatic heterocycles. The molecule has 2 heterocycles. The summed E-state index contributed by atoms with van der Waals surface area (Å²) in [4.78, 5) is 42.9. The lowest BCUT2D eigenvalue weighted by atomic mass is 9.86. The largest absolute Gasteiger partial charge is 0.494 e. The zero-order valence-corrected chi connectivity index (χ0v) is 22.1. The number of carbonyl (C=O) groups is 3. The molecule has 0 spiro atoms. The number of aryl methyl sites for hydroxylation is 1. The van der Waals surface area contributed by atoms with Gasteiger partial charge in [-0.3, -0.25) is 19.3 Å². The minimum absolute atomic E-state index is 0.267. The topological polar surface area (TPSA) is 66.9 Å². The molecule has 0 radical (unpaired) electrons. The minimum atomic E-state index is -0.904. The molecule has 2 atom stereocenters. The van der Waals surface area contributed by atoms with Crippen LogP contribution in [0.2, 0.25) is 0 Å². The van der Waals surface area contributed by atoms with E-state index in [1.54, 1.807) is 29.2 Å². The molecule has 3 amide bonds. The van der Waals surface area contributed by atoms with Crippen molar-refractivity contribution in [1.29, 1.82) is 0 Å². The summed E-state index contributed by atoms with van der Waals surface area (Å²) in [6.45, 7) is 4.87. The van der Waals surface area contributed by atoms with Crippen molar-refractivity contribution in [2.45, 2.75) is 64.5 Å². The first-order valence-electron chi connectivity index (χ1n) is 13.6. The molecule has 196 valence electrons. The highest BCUT2D eigenvalue weighted by atomic mass is 16.5. The van der Waals surface area contributed by atoms with Gasteiger partial charge in [0, 0.05) is 5.69 Å². The second-order valence-corrected chi connectivity index (χ2v) is 10.1. The Morgan fingerprint density at radius 1 is 0.684 bits per heavy atom. The second kappa shape index (κ2) is 11.2. The van der Waals surface area contributed by atoms with Crippen LogP contribution in [0.25, 0.3) is 0 Å². The van der Waals surface area contributed by atoms with Crippen LogP contribution in [0.5, 0.6) is 5.75 Å². The number of amides is 3. The van der Waals surface area contributed by atoms with Crippen molar-refractivity contribution in [2.75, 3.05) is 11.5 Å². The van der Waals surface area contributed by atoms with Crippen LogP contribution in [0.1, 0.15) is 83.3 Å². The van der Waals surface area contributed by atoms with Crippen LogP contribution in [-0.2, 0) is 4.79 Å². The van der Waals surface area contributed by atoms with Crippen LogP contribution >= 0.6 is 0 Å². The standard InChI is InChI=1S/C32H34N2O4/c1-3-4-5-6-7-10-21-38-25-19-15-23(16-20-25)28-29(32(37)33(28)24-17-13-22(2)14-18-24)34-30(35)26-11-8-9-12-27(26)31(34)36/h8-9,11-20,28-29H,3-7,10,21H2,1-2H3/t28-,29-/m1/s1. The zero-order valence-electron chi connectivity index (χ0n) is 22.1. The molecule has 3 aromatic carbocycles. The molecule has 1 fully saturated rings. The lowest BCUT2D eigenvalue weighted by Gasteiger charge is -2.49. The summed E-state index contributed by atoms with van der Waals surface area (Å²) in [6, 6.07) is 20.7. The Hall–Kier alpha value is -3.93. The van der Waals surface area contributed by atoms with Gasteiger partial charge in [0.1, 0.15) is 11.8 Å². The Morgan fingerprint density at radius 2 is 1.29 bits per heavy atom. The van der Waals surface area contributed by atoms with Crippen molar-refractivity contribution in [3.63, 3.8) is 0 Å². The average molecular weight is 511 g/mol. The van der Waals surface area contributed by atoms with E-state index in [0.29, 0.717) is 17.7 Å². The number of unbranched alkanes of at least 4 members (excludes halogenated alkanes) is 5. The highest BCUT2D eigenvalue weighted by Gasteiger charge is 2.57. The van der Waals surface area contributed by atoms with Crippen molar-refractivity contribution < 1.29 is 19.1 Å². The van der Waals surface area contributed by atoms with E-state index < -0.39 is 23.9 Å². The summed E-state index contributed by atoms with van der Waals surface area (Å²) in [5.41, 5.74) is 3.36. The van der Waals surface area contributed by atoms with E-state index in [4.69, 9.17) is 4.74 Å². The fourth-order valence-electron chi connectivity index (χ4n) is 5.34. The smallest absolute Gasteiger partial charge is 0.262 e. The number of fused-ring (bicyclic) bond motifs is 1. The maximum absolute atomic E-state index is 13.6. The predicted molar refractivity (Wildman–Crippen MR) is 147 cm³/mol. The first kappa shape index (κ1) is 25.7. The Balaban J connectivity index is 1.36. The summed E-state index contributed by atoms with van der Waals surface area (Å²) >= 11 is 0. The summed E-state index contributed by atoms with van der Waals surface area (Å²) < 4.78 is 5.95. The molecule has 6 heteroatoms. The van der Waals surface area contributed by atoms with Crippen LogP contribution in [-0.4, -0.2) is 35.3 Å². The van der Waals surface area contributed by atoms with Gasteiger partial charge >= 0.3 is 0 Å². The Kier molecular flexibility index (Phi) is 7.59. The number of benzene rings is 3. The third-order valence-electron chi connectivity index (χ3n) is 7.47. The van der Waals surface area contributed by atoms with E-state index in [1.165, 1.54) is 25.7 Å². The fourth-order valence-corrected chi connectivity index (χ4v) is 5.34. The van der Waals surface area contributed by atoms with E-state index >= 15 is 0 Å². The van der Waals surface area contributed by atoms with E-state index in [2.05, 4.69) is 6.92 Å². The molecular weight excluding hydrogens is 476 g/mol. The molecule has 0 N–H and O–H groups in total. The van der Waals surface area contributed by atoms with Crippen LogP contribution < -0.4 is 9.64 Å². The van der Waals surface area contributed by atoms with Crippen molar-refractivity contribution >= 4 is 23.4 Å². The molecule has 2 aliphatic rings. The molecule has 0 aliphatic carbocycles. The normalized spacial score (nSPS) is 18.5. The van der Waals surface area contributed by atoms with Crippen molar-refractivity contribution in [3.8, 4) is 5.75 Å². The van der Waals surface area contributed by atoms with Crippen molar-refractivity contribution in [3.05, 3.63) is 95.1 Å². The number of nitrogens with zero attached hydrogens (tertiary/aromatic N) is 2. The maximum Gasteiger partial charge on any atom is 0.262 e. The fraction of sp³-hybridized carbons (Fsp3) is 0.344. The van der Waals surface area contributed by atoms with Gasteiger partial charge in [-0.2, -0.15) is 0 Å². The van der Waals surface area contributed by atoms with Crippen LogP contribution in [0.4, 0.5) is 5.69 Å². The molecule has 0 saturated carbocycles. The number of imide groups is 1. The van der Waals surface area contributed by atoms with Gasteiger partial charge in [0.25, 0.3) is 17.7 Å². The number of β-lactam (4-membered cyclic amide) rings is 1. The molecule has 1 saturated heterocycles. The Labute approximate surface area is 224 Å². The van der Waals surface area contributed by atoms with Gasteiger partial charge in [-0.25, -0.2) is 0 Å². The Bertz CT molecular complexity index is 1280. The van der Waals surface area contributed by atoms with Gasteiger partial charge in [0.2, 0.25) is 0 Å². The highest BCUT2D eigenvalue weighted by molar-refractivity contribution is 6.24. The number of rotatable bonds is 11. The number of hydrogen-bond acceptors (Lipinski definition) is 4. The lowest BCUT2D eigenvalue weighted by molar-refractivity contribution is -0.130. The predicted octanol–water partition coefficient (Wildman–Crippen LogP) is 6.49. The zero-order chi connectivity index (χ0) is 26.6. The molecule has 0 bridgehead atoms. The molecule has 2 aliphatic heterocycles. The van der Waals surface area contributed by atoms with Gasteiger partial charge in [-0.15, -0.1) is 0 Å². The number of ether oxygens (including phenoxy) is 1. The second-order valence-electron chi connectivity index (χ2n) is 10.1. The molecule has 6 nitrogen and oxygen atoms in total. The number of hydrogen-bond donors (Lipinski definition) is 0. The van der Waals surface area contributed by atoms with Gasteiger partial charge in [0.05, 0.1) is 23.8 Å². The van der Waals surface area contributed by atoms with Crippen molar-refractivity contribution in [2.24, 2.45) is 0 Å². The monoisotopic (exact) mass is 510 g/mol. The highest BCUT2D eigenvalue weighted by Crippen LogP contribution is 2.44. The van der Waals surface area contributed by atoms with Crippen molar-refractivity contribution in [1.82, 2.24) is 4.90 Å². The molecule has 5 rings (SSSR count). The van der Waals surface area contributed by atoms with Crippen LogP contribution in [0, 0.1) is 6.92 Å². The Morgan fingerprint density at radius 3 is 1.92 bits per heavy atom. The quantitative estimate of drug-likeness (QED) is 0.168. The van der Waals surface area contributed by atoms with Gasteiger partial charge in [0.15, 0.2) is 0 Å². The molecular formula is C32H34N2O4. The summed E-state index contributed by atoms with van der Waals surface area (Å²) in [5, 5.41) is 0. The lowest BCUT2D eigenvalue weighted by Crippen LogP contribution is -2.67. The number of anilines is 1. The first-order valence-corrected chi connectivity index (χ1v) is 13.6. The SMILES string of the molecule is CCCCCCCCOc1ccc([C@@H]2[C@@H](N3C(=O)c4ccccc4C3=O)C(=O)N2c2ccc(C)cc2)cc1. The van der Waals surface area contributed by atoms with Gasteiger partial charge in [-0.1, -0.05) is 81.0 Å². The minimum Gasteiger partial charge on any atom is -0.494 e.